The summed E-state index contributed by atoms with van der Waals surface area (Å²) >= 11 is 0. The fourth-order valence-electron chi connectivity index (χ4n) is 9.64. The fourth-order valence-corrected chi connectivity index (χ4v) is 11.0. The molecule has 4 fully saturated rings. The second-order valence-corrected chi connectivity index (χ2v) is 20.2. The summed E-state index contributed by atoms with van der Waals surface area (Å²) in [6.07, 6.45) is 12.0. The Kier molecular flexibility index (Phi) is 7.93. The van der Waals surface area contributed by atoms with Crippen molar-refractivity contribution < 1.29 is 19.1 Å². The molecule has 0 spiro atoms. The van der Waals surface area contributed by atoms with E-state index in [1.54, 1.807) is 0 Å². The average Bonchev–Trinajstić information content (AvgIpc) is 3.13. The molecule has 208 valence electrons. The van der Waals surface area contributed by atoms with Gasteiger partial charge in [-0.2, -0.15) is 0 Å². The van der Waals surface area contributed by atoms with E-state index in [9.17, 15) is 9.90 Å². The van der Waals surface area contributed by atoms with Gasteiger partial charge >= 0.3 is 5.97 Å². The Balaban J connectivity index is 1.52. The van der Waals surface area contributed by atoms with Crippen molar-refractivity contribution in [3.63, 3.8) is 0 Å². The van der Waals surface area contributed by atoms with Gasteiger partial charge in [0.05, 0.1) is 6.10 Å². The molecule has 0 saturated heterocycles. The van der Waals surface area contributed by atoms with Gasteiger partial charge in [0.25, 0.3) is 0 Å². The summed E-state index contributed by atoms with van der Waals surface area (Å²) in [7, 11) is 0.202. The number of fused-ring (bicyclic) bond motifs is 5. The highest BCUT2D eigenvalue weighted by Gasteiger charge is 2.63. The highest BCUT2D eigenvalue weighted by Crippen LogP contribution is 2.69. The molecule has 0 unspecified atom stereocenters. The molecule has 4 aliphatic carbocycles. The standard InChI is InChI=1S/C31H56O4Si/c1-20(10-13-27(32)33)23-11-12-24-28-25(15-17-31(23,24)6)30(5)16-14-22(18-21(30)19-26(28)34-7)35-36(8,9)29(2,3)4/h20-26,28H,10-19H2,1-9H3,(H,32,33)/t20-,21-,22-,23-,24+,25+,26-,28+,30+,31-/m1/s1. The maximum absolute atomic E-state index is 11.2. The molecule has 0 aromatic heterocycles. The van der Waals surface area contributed by atoms with Crippen LogP contribution in [0.5, 0.6) is 0 Å². The molecule has 1 N–H and O–H groups in total. The number of ether oxygens (including phenoxy) is 1. The maximum Gasteiger partial charge on any atom is 0.303 e. The van der Waals surface area contributed by atoms with Gasteiger partial charge in [0.15, 0.2) is 8.32 Å². The second kappa shape index (κ2) is 9.97. The Morgan fingerprint density at radius 1 is 1.03 bits per heavy atom. The van der Waals surface area contributed by atoms with Gasteiger partial charge in [-0.3, -0.25) is 4.79 Å². The SMILES string of the molecule is CO[C@@H]1C[C@H]2C[C@H](O[Si](C)(C)C(C)(C)C)CC[C@]2(C)[C@H]2CC[C@]3(C)[C@@H]([C@H](C)CCC(=O)O)CC[C@H]3[C@H]12. The van der Waals surface area contributed by atoms with Crippen LogP contribution in [0.25, 0.3) is 0 Å². The van der Waals surface area contributed by atoms with Crippen molar-refractivity contribution in [2.75, 3.05) is 7.11 Å². The minimum absolute atomic E-state index is 0.259. The van der Waals surface area contributed by atoms with E-state index in [-0.39, 0.29) is 5.04 Å². The van der Waals surface area contributed by atoms with Crippen LogP contribution in [-0.2, 0) is 14.0 Å². The Labute approximate surface area is 222 Å². The van der Waals surface area contributed by atoms with Crippen molar-refractivity contribution >= 4 is 14.3 Å². The lowest BCUT2D eigenvalue weighted by molar-refractivity contribution is -0.181. The van der Waals surface area contributed by atoms with Gasteiger partial charge in [0, 0.05) is 19.6 Å². The number of carboxylic acid groups (broad SMARTS) is 1. The van der Waals surface area contributed by atoms with Crippen molar-refractivity contribution in [3.05, 3.63) is 0 Å². The molecule has 0 bridgehead atoms. The monoisotopic (exact) mass is 520 g/mol. The van der Waals surface area contributed by atoms with Crippen LogP contribution in [0.1, 0.15) is 106 Å². The average molecular weight is 521 g/mol. The lowest BCUT2D eigenvalue weighted by Gasteiger charge is -2.63. The van der Waals surface area contributed by atoms with Crippen LogP contribution < -0.4 is 0 Å². The van der Waals surface area contributed by atoms with Crippen LogP contribution in [0.4, 0.5) is 0 Å². The van der Waals surface area contributed by atoms with Crippen LogP contribution in [0.15, 0.2) is 0 Å². The number of rotatable bonds is 7. The maximum atomic E-state index is 11.2. The van der Waals surface area contributed by atoms with Gasteiger partial charge in [-0.15, -0.1) is 0 Å². The Bertz CT molecular complexity index is 805. The number of hydrogen-bond acceptors (Lipinski definition) is 3. The molecule has 0 heterocycles. The van der Waals surface area contributed by atoms with E-state index in [0.29, 0.717) is 53.1 Å². The summed E-state index contributed by atoms with van der Waals surface area (Å²) < 4.78 is 13.3. The van der Waals surface area contributed by atoms with E-state index in [1.165, 1.54) is 51.4 Å². The van der Waals surface area contributed by atoms with Gasteiger partial charge in [-0.25, -0.2) is 0 Å². The first-order valence-electron chi connectivity index (χ1n) is 15.1. The quantitative estimate of drug-likeness (QED) is 0.344. The Morgan fingerprint density at radius 3 is 2.28 bits per heavy atom. The van der Waals surface area contributed by atoms with Gasteiger partial charge in [-0.05, 0) is 122 Å². The van der Waals surface area contributed by atoms with E-state index in [0.717, 1.165) is 18.3 Å². The third-order valence-electron chi connectivity index (χ3n) is 12.8. The smallest absolute Gasteiger partial charge is 0.303 e. The topological polar surface area (TPSA) is 55.8 Å². The van der Waals surface area contributed by atoms with E-state index in [2.05, 4.69) is 54.6 Å². The first-order chi connectivity index (χ1) is 16.6. The molecule has 36 heavy (non-hydrogen) atoms. The molecule has 4 rings (SSSR count). The van der Waals surface area contributed by atoms with Crippen molar-refractivity contribution in [2.45, 2.75) is 136 Å². The van der Waals surface area contributed by atoms with Crippen LogP contribution >= 0.6 is 0 Å². The van der Waals surface area contributed by atoms with E-state index >= 15 is 0 Å². The molecule has 0 aromatic rings. The Morgan fingerprint density at radius 2 is 1.67 bits per heavy atom. The molecule has 4 aliphatic rings. The molecular weight excluding hydrogens is 464 g/mol. The summed E-state index contributed by atoms with van der Waals surface area (Å²) in [5.74, 6) is 3.32. The second-order valence-electron chi connectivity index (χ2n) is 15.4. The minimum atomic E-state index is -1.76. The molecule has 0 aliphatic heterocycles. The van der Waals surface area contributed by atoms with Crippen molar-refractivity contribution in [1.29, 1.82) is 0 Å². The minimum Gasteiger partial charge on any atom is -0.481 e. The van der Waals surface area contributed by atoms with Crippen molar-refractivity contribution in [3.8, 4) is 0 Å². The van der Waals surface area contributed by atoms with Crippen LogP contribution in [0.3, 0.4) is 0 Å². The molecule has 4 nitrogen and oxygen atoms in total. The zero-order valence-electron chi connectivity index (χ0n) is 24.9. The molecule has 5 heteroatoms. The molecule has 4 saturated carbocycles. The van der Waals surface area contributed by atoms with E-state index in [1.807, 2.05) is 7.11 Å². The van der Waals surface area contributed by atoms with Gasteiger partial charge in [0.1, 0.15) is 0 Å². The third-order valence-corrected chi connectivity index (χ3v) is 17.3. The Hall–Kier alpha value is -0.393. The number of methoxy groups -OCH3 is 1. The van der Waals surface area contributed by atoms with E-state index < -0.39 is 14.3 Å². The van der Waals surface area contributed by atoms with Gasteiger partial charge < -0.3 is 14.3 Å². The highest BCUT2D eigenvalue weighted by atomic mass is 28.4. The van der Waals surface area contributed by atoms with Crippen LogP contribution in [0.2, 0.25) is 18.1 Å². The number of hydrogen-bond donors (Lipinski definition) is 1. The van der Waals surface area contributed by atoms with Crippen molar-refractivity contribution in [1.82, 2.24) is 0 Å². The molecule has 10 atom stereocenters. The molecule has 0 amide bonds. The summed E-state index contributed by atoms with van der Waals surface area (Å²) in [6, 6.07) is 0. The summed E-state index contributed by atoms with van der Waals surface area (Å²) in [5, 5.41) is 9.52. The van der Waals surface area contributed by atoms with Crippen molar-refractivity contribution in [2.24, 2.45) is 46.3 Å². The first-order valence-corrected chi connectivity index (χ1v) is 18.0. The van der Waals surface area contributed by atoms with Crippen LogP contribution in [0, 0.1) is 46.3 Å². The molecule has 0 aromatic carbocycles. The third kappa shape index (κ3) is 4.88. The summed E-state index contributed by atoms with van der Waals surface area (Å²) in [5.41, 5.74) is 0.739. The number of carbonyl (C=O) groups is 1. The van der Waals surface area contributed by atoms with Gasteiger partial charge in [0.2, 0.25) is 0 Å². The van der Waals surface area contributed by atoms with Crippen LogP contribution in [-0.4, -0.2) is 38.7 Å². The molecular formula is C31H56O4Si. The lowest BCUT2D eigenvalue weighted by Crippen LogP contribution is -2.59. The normalized spacial score (nSPS) is 43.9. The largest absolute Gasteiger partial charge is 0.481 e. The summed E-state index contributed by atoms with van der Waals surface area (Å²) in [6.45, 7) is 19.4. The lowest BCUT2D eigenvalue weighted by atomic mass is 9.43. The zero-order chi connectivity index (χ0) is 26.7. The fraction of sp³-hybridized carbons (Fsp3) is 0.968. The highest BCUT2D eigenvalue weighted by molar-refractivity contribution is 6.74. The number of aliphatic carboxylic acids is 1. The predicted molar refractivity (Wildman–Crippen MR) is 150 cm³/mol. The molecule has 0 radical (unpaired) electrons. The zero-order valence-corrected chi connectivity index (χ0v) is 25.9. The number of carboxylic acids is 1. The first kappa shape index (κ1) is 28.6. The van der Waals surface area contributed by atoms with Gasteiger partial charge in [-0.1, -0.05) is 41.5 Å². The summed E-state index contributed by atoms with van der Waals surface area (Å²) in [4.78, 5) is 11.2. The predicted octanol–water partition coefficient (Wildman–Crippen LogP) is 8.16. The van der Waals surface area contributed by atoms with E-state index in [4.69, 9.17) is 9.16 Å².